The summed E-state index contributed by atoms with van der Waals surface area (Å²) in [5.41, 5.74) is 4.36. The van der Waals surface area contributed by atoms with Crippen LogP contribution in [0.15, 0.2) is 48.5 Å². The second kappa shape index (κ2) is 8.02. The number of hydrogen-bond acceptors (Lipinski definition) is 4. The highest BCUT2D eigenvalue weighted by Gasteiger charge is 2.36. The number of amides is 2. The molecule has 1 aliphatic heterocycles. The van der Waals surface area contributed by atoms with Gasteiger partial charge in [0.25, 0.3) is 5.91 Å². The Labute approximate surface area is 175 Å². The first-order valence-electron chi connectivity index (χ1n) is 9.94. The second-order valence-electron chi connectivity index (χ2n) is 7.27. The Hall–Kier alpha value is -3.61. The van der Waals surface area contributed by atoms with E-state index < -0.39 is 6.04 Å². The zero-order chi connectivity index (χ0) is 21.3. The van der Waals surface area contributed by atoms with Gasteiger partial charge in [0.05, 0.1) is 19.2 Å². The van der Waals surface area contributed by atoms with Gasteiger partial charge in [-0.2, -0.15) is 5.10 Å². The normalized spacial score (nSPS) is 14.9. The number of ether oxygens (including phenoxy) is 1. The molecule has 3 aromatic rings. The molecule has 0 saturated carbocycles. The van der Waals surface area contributed by atoms with Crippen LogP contribution in [0.3, 0.4) is 0 Å². The van der Waals surface area contributed by atoms with Gasteiger partial charge in [-0.1, -0.05) is 37.3 Å². The summed E-state index contributed by atoms with van der Waals surface area (Å²) in [7, 11) is 1.62. The SMILES string of the molecule is CCc1nn2c(c1-c1cccc(OC)c1)NC(=O)C2CC(=O)Nc1ccccc1C. The Morgan fingerprint density at radius 3 is 2.77 bits per heavy atom. The van der Waals surface area contributed by atoms with Gasteiger partial charge in [-0.25, -0.2) is 4.68 Å². The van der Waals surface area contributed by atoms with E-state index in [1.807, 2.05) is 62.4 Å². The molecule has 0 aliphatic carbocycles. The molecule has 2 heterocycles. The molecule has 154 valence electrons. The molecule has 0 spiro atoms. The summed E-state index contributed by atoms with van der Waals surface area (Å²) in [6, 6.07) is 14.5. The summed E-state index contributed by atoms with van der Waals surface area (Å²) in [4.78, 5) is 25.3. The van der Waals surface area contributed by atoms with E-state index in [2.05, 4.69) is 15.7 Å². The lowest BCUT2D eigenvalue weighted by Gasteiger charge is -2.11. The smallest absolute Gasteiger partial charge is 0.251 e. The Bertz CT molecular complexity index is 1120. The van der Waals surface area contributed by atoms with Gasteiger partial charge in [-0.15, -0.1) is 0 Å². The molecule has 0 fully saturated rings. The van der Waals surface area contributed by atoms with Gasteiger partial charge in [0, 0.05) is 11.3 Å². The highest BCUT2D eigenvalue weighted by atomic mass is 16.5. The molecule has 7 nitrogen and oxygen atoms in total. The van der Waals surface area contributed by atoms with Gasteiger partial charge in [-0.3, -0.25) is 9.59 Å². The standard InChI is InChI=1S/C23H24N4O3/c1-4-17-21(15-9-7-10-16(12-15)30-3)22-25-23(29)19(27(22)26-17)13-20(28)24-18-11-6-5-8-14(18)2/h5-12,19H,4,13H2,1-3H3,(H,24,28)(H,25,29). The highest BCUT2D eigenvalue weighted by Crippen LogP contribution is 2.39. The van der Waals surface area contributed by atoms with E-state index in [1.165, 1.54) is 0 Å². The van der Waals surface area contributed by atoms with E-state index >= 15 is 0 Å². The summed E-state index contributed by atoms with van der Waals surface area (Å²) >= 11 is 0. The number of aryl methyl sites for hydroxylation is 2. The summed E-state index contributed by atoms with van der Waals surface area (Å²) in [6.07, 6.45) is 0.708. The van der Waals surface area contributed by atoms with Gasteiger partial charge in [-0.05, 0) is 42.7 Å². The number of methoxy groups -OCH3 is 1. The number of nitrogens with zero attached hydrogens (tertiary/aromatic N) is 2. The van der Waals surface area contributed by atoms with Crippen molar-refractivity contribution in [2.75, 3.05) is 17.7 Å². The molecular weight excluding hydrogens is 380 g/mol. The lowest BCUT2D eigenvalue weighted by molar-refractivity contribution is -0.123. The molecule has 1 atom stereocenters. The fourth-order valence-corrected chi connectivity index (χ4v) is 3.74. The molecule has 1 aromatic heterocycles. The van der Waals surface area contributed by atoms with E-state index in [0.29, 0.717) is 12.2 Å². The fraction of sp³-hybridized carbons (Fsp3) is 0.261. The molecule has 0 radical (unpaired) electrons. The Morgan fingerprint density at radius 1 is 1.23 bits per heavy atom. The summed E-state index contributed by atoms with van der Waals surface area (Å²) in [5.74, 6) is 0.893. The first-order valence-corrected chi connectivity index (χ1v) is 9.94. The maximum atomic E-state index is 12.7. The number of anilines is 2. The number of hydrogen-bond donors (Lipinski definition) is 2. The second-order valence-corrected chi connectivity index (χ2v) is 7.27. The van der Waals surface area contributed by atoms with Gasteiger partial charge in [0.15, 0.2) is 0 Å². The van der Waals surface area contributed by atoms with E-state index in [9.17, 15) is 9.59 Å². The molecule has 0 saturated heterocycles. The third-order valence-corrected chi connectivity index (χ3v) is 5.31. The van der Waals surface area contributed by atoms with Crippen LogP contribution < -0.4 is 15.4 Å². The summed E-state index contributed by atoms with van der Waals surface area (Å²) in [5, 5.41) is 10.5. The molecule has 2 amide bonds. The van der Waals surface area contributed by atoms with Crippen LogP contribution in [-0.2, 0) is 16.0 Å². The van der Waals surface area contributed by atoms with Crippen LogP contribution in [0.1, 0.15) is 30.6 Å². The van der Waals surface area contributed by atoms with Crippen LogP contribution in [0, 0.1) is 6.92 Å². The average molecular weight is 404 g/mol. The number of para-hydroxylation sites is 1. The zero-order valence-electron chi connectivity index (χ0n) is 17.2. The largest absolute Gasteiger partial charge is 0.497 e. The average Bonchev–Trinajstić information content (AvgIpc) is 3.25. The zero-order valence-corrected chi connectivity index (χ0v) is 17.2. The number of carbonyl (C=O) groups excluding carboxylic acids is 2. The molecule has 7 heteroatoms. The topological polar surface area (TPSA) is 85.2 Å². The van der Waals surface area contributed by atoms with Crippen LogP contribution >= 0.6 is 0 Å². The van der Waals surface area contributed by atoms with Crippen molar-refractivity contribution < 1.29 is 14.3 Å². The third-order valence-electron chi connectivity index (χ3n) is 5.31. The van der Waals surface area contributed by atoms with E-state index in [1.54, 1.807) is 11.8 Å². The Balaban J connectivity index is 1.63. The van der Waals surface area contributed by atoms with Crippen LogP contribution in [-0.4, -0.2) is 28.7 Å². The van der Waals surface area contributed by atoms with Crippen molar-refractivity contribution in [3.05, 3.63) is 59.8 Å². The van der Waals surface area contributed by atoms with Crippen molar-refractivity contribution in [2.45, 2.75) is 32.7 Å². The number of carbonyl (C=O) groups is 2. The van der Waals surface area contributed by atoms with Crippen molar-refractivity contribution in [1.29, 1.82) is 0 Å². The Morgan fingerprint density at radius 2 is 2.03 bits per heavy atom. The van der Waals surface area contributed by atoms with Crippen molar-refractivity contribution >= 4 is 23.3 Å². The molecule has 4 rings (SSSR count). The maximum absolute atomic E-state index is 12.7. The highest BCUT2D eigenvalue weighted by molar-refractivity contribution is 6.04. The van der Waals surface area contributed by atoms with Crippen LogP contribution in [0.2, 0.25) is 0 Å². The minimum Gasteiger partial charge on any atom is -0.497 e. The number of rotatable bonds is 6. The minimum absolute atomic E-state index is 0.00948. The number of aromatic nitrogens is 2. The van der Waals surface area contributed by atoms with Crippen LogP contribution in [0.25, 0.3) is 11.1 Å². The van der Waals surface area contributed by atoms with Gasteiger partial charge < -0.3 is 15.4 Å². The third kappa shape index (κ3) is 3.54. The number of fused-ring (bicyclic) bond motifs is 1. The van der Waals surface area contributed by atoms with Gasteiger partial charge in [0.1, 0.15) is 17.6 Å². The van der Waals surface area contributed by atoms with Crippen LogP contribution in [0.5, 0.6) is 5.75 Å². The lowest BCUT2D eigenvalue weighted by Crippen LogP contribution is -2.24. The molecule has 1 unspecified atom stereocenters. The van der Waals surface area contributed by atoms with Crippen molar-refractivity contribution in [3.8, 4) is 16.9 Å². The first-order chi connectivity index (χ1) is 14.5. The van der Waals surface area contributed by atoms with Gasteiger partial charge >= 0.3 is 0 Å². The molecular formula is C23H24N4O3. The predicted molar refractivity (Wildman–Crippen MR) is 116 cm³/mol. The minimum atomic E-state index is -0.686. The predicted octanol–water partition coefficient (Wildman–Crippen LogP) is 3.95. The monoisotopic (exact) mass is 404 g/mol. The quantitative estimate of drug-likeness (QED) is 0.651. The molecule has 0 bridgehead atoms. The maximum Gasteiger partial charge on any atom is 0.251 e. The van der Waals surface area contributed by atoms with Crippen molar-refractivity contribution in [1.82, 2.24) is 9.78 Å². The first kappa shape index (κ1) is 19.7. The molecule has 30 heavy (non-hydrogen) atoms. The Kier molecular flexibility index (Phi) is 5.27. The van der Waals surface area contributed by atoms with E-state index in [0.717, 1.165) is 33.8 Å². The van der Waals surface area contributed by atoms with Crippen LogP contribution in [0.4, 0.5) is 11.5 Å². The molecule has 2 N–H and O–H groups in total. The number of nitrogens with one attached hydrogen (secondary N) is 2. The van der Waals surface area contributed by atoms with Crippen molar-refractivity contribution in [3.63, 3.8) is 0 Å². The summed E-state index contributed by atoms with van der Waals surface area (Å²) < 4.78 is 6.99. The molecule has 2 aromatic carbocycles. The summed E-state index contributed by atoms with van der Waals surface area (Å²) in [6.45, 7) is 3.95. The van der Waals surface area contributed by atoms with Gasteiger partial charge in [0.2, 0.25) is 5.91 Å². The fourth-order valence-electron chi connectivity index (χ4n) is 3.74. The number of benzene rings is 2. The van der Waals surface area contributed by atoms with E-state index in [4.69, 9.17) is 4.74 Å². The molecule has 1 aliphatic rings. The lowest BCUT2D eigenvalue weighted by atomic mass is 10.0. The van der Waals surface area contributed by atoms with Crippen molar-refractivity contribution in [2.24, 2.45) is 0 Å². The van der Waals surface area contributed by atoms with E-state index in [-0.39, 0.29) is 18.2 Å².